The number of thioether (sulfide) groups is 1. The molecular formula is C14H15N5O5S. The number of nitro benzene ring substituents is 1. The second kappa shape index (κ2) is 8.26. The van der Waals surface area contributed by atoms with E-state index in [4.69, 9.17) is 5.73 Å². The zero-order valence-corrected chi connectivity index (χ0v) is 13.7. The van der Waals surface area contributed by atoms with Crippen LogP contribution in [0.25, 0.3) is 0 Å². The van der Waals surface area contributed by atoms with Gasteiger partial charge in [-0.1, -0.05) is 11.8 Å². The zero-order chi connectivity index (χ0) is 18.4. The molecule has 0 aliphatic heterocycles. The van der Waals surface area contributed by atoms with Crippen LogP contribution in [0.2, 0.25) is 0 Å². The average Bonchev–Trinajstić information content (AvgIpc) is 2.94. The number of carbonyl (C=O) groups excluding carboxylic acids is 2. The SMILES string of the molecule is NC(=O)Cn1c(CO)cnc1SCC(=O)Nc1ccc([N+](=O)[O-])cc1. The molecule has 10 nitrogen and oxygen atoms in total. The molecule has 2 amide bonds. The molecule has 0 saturated carbocycles. The van der Waals surface area contributed by atoms with Gasteiger partial charge in [-0.05, 0) is 12.1 Å². The Kier molecular flexibility index (Phi) is 6.08. The highest BCUT2D eigenvalue weighted by Gasteiger charge is 2.14. The third kappa shape index (κ3) is 5.02. The minimum absolute atomic E-state index is 0.00235. The van der Waals surface area contributed by atoms with Crippen LogP contribution in [0.1, 0.15) is 5.69 Å². The monoisotopic (exact) mass is 365 g/mol. The molecule has 2 aromatic rings. The Morgan fingerprint density at radius 1 is 1.36 bits per heavy atom. The van der Waals surface area contributed by atoms with Gasteiger partial charge in [-0.2, -0.15) is 0 Å². The molecule has 132 valence electrons. The highest BCUT2D eigenvalue weighted by molar-refractivity contribution is 7.99. The van der Waals surface area contributed by atoms with Gasteiger partial charge in [0, 0.05) is 17.8 Å². The predicted molar refractivity (Wildman–Crippen MR) is 89.8 cm³/mol. The van der Waals surface area contributed by atoms with Crippen molar-refractivity contribution in [2.24, 2.45) is 5.73 Å². The Morgan fingerprint density at radius 2 is 2.04 bits per heavy atom. The number of carbonyl (C=O) groups is 2. The Hall–Kier alpha value is -2.92. The molecule has 0 radical (unpaired) electrons. The number of aromatic nitrogens is 2. The summed E-state index contributed by atoms with van der Waals surface area (Å²) in [6.07, 6.45) is 1.40. The number of hydrogen-bond acceptors (Lipinski definition) is 7. The minimum Gasteiger partial charge on any atom is -0.390 e. The van der Waals surface area contributed by atoms with E-state index in [0.717, 1.165) is 11.8 Å². The molecule has 0 saturated heterocycles. The van der Waals surface area contributed by atoms with Gasteiger partial charge < -0.3 is 20.7 Å². The molecule has 0 aliphatic carbocycles. The van der Waals surface area contributed by atoms with Crippen molar-refractivity contribution in [1.82, 2.24) is 9.55 Å². The lowest BCUT2D eigenvalue weighted by atomic mass is 10.3. The van der Waals surface area contributed by atoms with Crippen LogP contribution in [0.4, 0.5) is 11.4 Å². The third-order valence-corrected chi connectivity index (χ3v) is 4.06. The maximum absolute atomic E-state index is 12.0. The predicted octanol–water partition coefficient (Wildman–Crippen LogP) is 0.500. The molecule has 1 aromatic heterocycles. The summed E-state index contributed by atoms with van der Waals surface area (Å²) < 4.78 is 1.44. The number of primary amides is 1. The number of nitrogens with two attached hydrogens (primary N) is 1. The Balaban J connectivity index is 1.97. The first-order valence-corrected chi connectivity index (χ1v) is 8.00. The van der Waals surface area contributed by atoms with Crippen LogP contribution in [-0.4, -0.2) is 37.1 Å². The number of rotatable bonds is 8. The molecule has 25 heavy (non-hydrogen) atoms. The van der Waals surface area contributed by atoms with Crippen LogP contribution >= 0.6 is 11.8 Å². The molecule has 2 rings (SSSR count). The second-order valence-electron chi connectivity index (χ2n) is 4.88. The van der Waals surface area contributed by atoms with Crippen molar-refractivity contribution in [2.45, 2.75) is 18.3 Å². The normalized spacial score (nSPS) is 10.4. The van der Waals surface area contributed by atoms with E-state index in [0.29, 0.717) is 16.5 Å². The minimum atomic E-state index is -0.593. The molecule has 0 atom stereocenters. The molecule has 0 aliphatic rings. The maximum Gasteiger partial charge on any atom is 0.269 e. The zero-order valence-electron chi connectivity index (χ0n) is 12.9. The number of anilines is 1. The van der Waals surface area contributed by atoms with E-state index >= 15 is 0 Å². The van der Waals surface area contributed by atoms with Crippen molar-refractivity contribution < 1.29 is 19.6 Å². The van der Waals surface area contributed by atoms with Crippen LogP contribution in [0, 0.1) is 10.1 Å². The summed E-state index contributed by atoms with van der Waals surface area (Å²) in [7, 11) is 0. The molecular weight excluding hydrogens is 350 g/mol. The first-order valence-electron chi connectivity index (χ1n) is 7.01. The lowest BCUT2D eigenvalue weighted by Gasteiger charge is -2.08. The lowest BCUT2D eigenvalue weighted by molar-refractivity contribution is -0.384. The summed E-state index contributed by atoms with van der Waals surface area (Å²) in [6.45, 7) is -0.460. The van der Waals surface area contributed by atoms with Crippen molar-refractivity contribution in [2.75, 3.05) is 11.1 Å². The number of aliphatic hydroxyl groups is 1. The molecule has 0 fully saturated rings. The quantitative estimate of drug-likeness (QED) is 0.350. The van der Waals surface area contributed by atoms with Crippen LogP contribution in [0.15, 0.2) is 35.6 Å². The number of benzene rings is 1. The van der Waals surface area contributed by atoms with E-state index in [1.165, 1.54) is 35.0 Å². The van der Waals surface area contributed by atoms with E-state index < -0.39 is 10.8 Å². The van der Waals surface area contributed by atoms with Gasteiger partial charge in [-0.15, -0.1) is 0 Å². The van der Waals surface area contributed by atoms with Gasteiger partial charge in [0.05, 0.1) is 29.2 Å². The van der Waals surface area contributed by atoms with Crippen molar-refractivity contribution in [1.29, 1.82) is 0 Å². The molecule has 1 heterocycles. The van der Waals surface area contributed by atoms with Crippen molar-refractivity contribution in [3.8, 4) is 0 Å². The van der Waals surface area contributed by atoms with Gasteiger partial charge in [0.2, 0.25) is 11.8 Å². The van der Waals surface area contributed by atoms with Gasteiger partial charge in [0.15, 0.2) is 5.16 Å². The van der Waals surface area contributed by atoms with Crippen LogP contribution < -0.4 is 11.1 Å². The number of aliphatic hydroxyl groups excluding tert-OH is 1. The van der Waals surface area contributed by atoms with Crippen LogP contribution in [0.3, 0.4) is 0 Å². The van der Waals surface area contributed by atoms with E-state index in [-0.39, 0.29) is 30.5 Å². The Labute approximate surface area is 146 Å². The average molecular weight is 365 g/mol. The fraction of sp³-hybridized carbons (Fsp3) is 0.214. The number of nitrogens with zero attached hydrogens (tertiary/aromatic N) is 3. The number of amides is 2. The molecule has 0 bridgehead atoms. The smallest absolute Gasteiger partial charge is 0.269 e. The van der Waals surface area contributed by atoms with E-state index in [2.05, 4.69) is 10.3 Å². The molecule has 0 unspecified atom stereocenters. The van der Waals surface area contributed by atoms with Gasteiger partial charge in [0.1, 0.15) is 6.54 Å². The summed E-state index contributed by atoms with van der Waals surface area (Å²) in [4.78, 5) is 37.2. The highest BCUT2D eigenvalue weighted by atomic mass is 32.2. The molecule has 1 aromatic carbocycles. The first-order chi connectivity index (χ1) is 11.9. The molecule has 4 N–H and O–H groups in total. The first kappa shape index (κ1) is 18.4. The fourth-order valence-electron chi connectivity index (χ4n) is 1.95. The number of nitrogens with one attached hydrogen (secondary N) is 1. The Morgan fingerprint density at radius 3 is 2.60 bits per heavy atom. The molecule has 0 spiro atoms. The van der Waals surface area contributed by atoms with Crippen LogP contribution in [0.5, 0.6) is 0 Å². The maximum atomic E-state index is 12.0. The topological polar surface area (TPSA) is 153 Å². The van der Waals surface area contributed by atoms with Gasteiger partial charge in [0.25, 0.3) is 5.69 Å². The van der Waals surface area contributed by atoms with Crippen LogP contribution in [-0.2, 0) is 22.7 Å². The van der Waals surface area contributed by atoms with Gasteiger partial charge in [-0.25, -0.2) is 4.98 Å². The highest BCUT2D eigenvalue weighted by Crippen LogP contribution is 2.20. The van der Waals surface area contributed by atoms with Gasteiger partial charge in [-0.3, -0.25) is 19.7 Å². The largest absolute Gasteiger partial charge is 0.390 e. The Bertz CT molecular complexity index is 789. The molecule has 11 heteroatoms. The summed E-state index contributed by atoms with van der Waals surface area (Å²) in [5, 5.41) is 22.8. The van der Waals surface area contributed by atoms with E-state index in [1.54, 1.807) is 0 Å². The van der Waals surface area contributed by atoms with Gasteiger partial charge >= 0.3 is 0 Å². The summed E-state index contributed by atoms with van der Waals surface area (Å²) in [5.74, 6) is -0.944. The van der Waals surface area contributed by atoms with Crippen molar-refractivity contribution >= 4 is 35.0 Å². The number of imidazole rings is 1. The number of nitro groups is 1. The second-order valence-corrected chi connectivity index (χ2v) is 5.83. The van der Waals surface area contributed by atoms with E-state index in [1.807, 2.05) is 0 Å². The third-order valence-electron chi connectivity index (χ3n) is 3.07. The number of hydrogen-bond donors (Lipinski definition) is 3. The van der Waals surface area contributed by atoms with Crippen molar-refractivity contribution in [3.05, 3.63) is 46.3 Å². The van der Waals surface area contributed by atoms with E-state index in [9.17, 15) is 24.8 Å². The summed E-state index contributed by atoms with van der Waals surface area (Å²) in [6, 6.07) is 5.43. The fourth-order valence-corrected chi connectivity index (χ4v) is 2.75. The standard InChI is InChI=1S/C14H15N5O5S/c15-12(21)6-18-11(7-20)5-16-14(18)25-8-13(22)17-9-1-3-10(4-2-9)19(23)24/h1-5,20H,6-8H2,(H2,15,21)(H,17,22). The summed E-state index contributed by atoms with van der Waals surface area (Å²) in [5.41, 5.74) is 5.93. The lowest BCUT2D eigenvalue weighted by Crippen LogP contribution is -2.21. The number of non-ortho nitro benzene ring substituents is 1. The summed E-state index contributed by atoms with van der Waals surface area (Å²) >= 11 is 1.07. The van der Waals surface area contributed by atoms with Crippen molar-refractivity contribution in [3.63, 3.8) is 0 Å².